The molecule has 1 saturated heterocycles. The van der Waals surface area contributed by atoms with Crippen molar-refractivity contribution in [3.8, 4) is 0 Å². The first kappa shape index (κ1) is 10.3. The molecule has 1 amide bonds. The van der Waals surface area contributed by atoms with E-state index in [1.165, 1.54) is 0 Å². The monoisotopic (exact) mass is 225 g/mol. The maximum atomic E-state index is 10.8. The van der Waals surface area contributed by atoms with E-state index in [1.807, 2.05) is 25.1 Å². The second kappa shape index (κ2) is 4.11. The summed E-state index contributed by atoms with van der Waals surface area (Å²) >= 11 is 6.09. The van der Waals surface area contributed by atoms with Gasteiger partial charge in [0.25, 0.3) is 0 Å². The molecule has 0 unspecified atom stereocenters. The van der Waals surface area contributed by atoms with E-state index in [0.29, 0.717) is 13.0 Å². The van der Waals surface area contributed by atoms with E-state index < -0.39 is 0 Å². The SMILES string of the molecule is Cc1ccc(C[C@H]2COC(=O)N2)c(Cl)c1. The van der Waals surface area contributed by atoms with Crippen LogP contribution in [0, 0.1) is 6.92 Å². The van der Waals surface area contributed by atoms with E-state index in [4.69, 9.17) is 16.3 Å². The molecule has 2 rings (SSSR count). The van der Waals surface area contributed by atoms with Gasteiger partial charge in [0, 0.05) is 5.02 Å². The number of nitrogens with one attached hydrogen (secondary N) is 1. The van der Waals surface area contributed by atoms with Crippen molar-refractivity contribution < 1.29 is 9.53 Å². The highest BCUT2D eigenvalue weighted by Crippen LogP contribution is 2.19. The molecule has 3 nitrogen and oxygen atoms in total. The van der Waals surface area contributed by atoms with Gasteiger partial charge in [0.05, 0.1) is 6.04 Å². The number of ether oxygens (including phenoxy) is 1. The number of cyclic esters (lactones) is 1. The fourth-order valence-corrected chi connectivity index (χ4v) is 1.93. The molecule has 0 spiro atoms. The lowest BCUT2D eigenvalue weighted by molar-refractivity contribution is 0.177. The van der Waals surface area contributed by atoms with Gasteiger partial charge in [-0.2, -0.15) is 0 Å². The quantitative estimate of drug-likeness (QED) is 0.839. The van der Waals surface area contributed by atoms with Crippen molar-refractivity contribution in [2.75, 3.05) is 6.61 Å². The first-order valence-electron chi connectivity index (χ1n) is 4.83. The van der Waals surface area contributed by atoms with Crippen LogP contribution in [0.2, 0.25) is 5.02 Å². The van der Waals surface area contributed by atoms with Crippen LogP contribution < -0.4 is 5.32 Å². The number of amides is 1. The Morgan fingerprint density at radius 1 is 1.60 bits per heavy atom. The summed E-state index contributed by atoms with van der Waals surface area (Å²) in [5.74, 6) is 0. The lowest BCUT2D eigenvalue weighted by atomic mass is 10.1. The number of hydrogen-bond acceptors (Lipinski definition) is 2. The van der Waals surface area contributed by atoms with Crippen LogP contribution in [-0.4, -0.2) is 18.7 Å². The van der Waals surface area contributed by atoms with Gasteiger partial charge in [-0.15, -0.1) is 0 Å². The van der Waals surface area contributed by atoms with Gasteiger partial charge in [-0.05, 0) is 30.5 Å². The normalized spacial score (nSPS) is 19.9. The van der Waals surface area contributed by atoms with Gasteiger partial charge in [-0.25, -0.2) is 4.79 Å². The molecule has 1 fully saturated rings. The minimum atomic E-state index is -0.344. The Bertz CT molecular complexity index is 392. The summed E-state index contributed by atoms with van der Waals surface area (Å²) in [4.78, 5) is 10.8. The summed E-state index contributed by atoms with van der Waals surface area (Å²) in [5, 5.41) is 3.47. The van der Waals surface area contributed by atoms with Crippen molar-refractivity contribution in [3.63, 3.8) is 0 Å². The van der Waals surface area contributed by atoms with Gasteiger partial charge in [-0.1, -0.05) is 23.7 Å². The third-order valence-corrected chi connectivity index (χ3v) is 2.76. The van der Waals surface area contributed by atoms with Crippen LogP contribution in [0.1, 0.15) is 11.1 Å². The highest BCUT2D eigenvalue weighted by atomic mass is 35.5. The van der Waals surface area contributed by atoms with Crippen LogP contribution in [0.5, 0.6) is 0 Å². The minimum absolute atomic E-state index is 0.0395. The topological polar surface area (TPSA) is 38.3 Å². The number of benzene rings is 1. The van der Waals surface area contributed by atoms with Crippen LogP contribution in [0.4, 0.5) is 4.79 Å². The summed E-state index contributed by atoms with van der Waals surface area (Å²) in [6.07, 6.45) is 0.369. The summed E-state index contributed by atoms with van der Waals surface area (Å²) in [5.41, 5.74) is 2.17. The molecule has 1 aromatic rings. The van der Waals surface area contributed by atoms with E-state index in [2.05, 4.69) is 5.32 Å². The highest BCUT2D eigenvalue weighted by molar-refractivity contribution is 6.31. The van der Waals surface area contributed by atoms with Crippen molar-refractivity contribution in [1.82, 2.24) is 5.32 Å². The molecule has 1 aliphatic heterocycles. The zero-order chi connectivity index (χ0) is 10.8. The van der Waals surface area contributed by atoms with Crippen molar-refractivity contribution >= 4 is 17.7 Å². The van der Waals surface area contributed by atoms with E-state index in [9.17, 15) is 4.79 Å². The van der Waals surface area contributed by atoms with Crippen molar-refractivity contribution in [2.45, 2.75) is 19.4 Å². The van der Waals surface area contributed by atoms with E-state index in [-0.39, 0.29) is 12.1 Å². The first-order valence-corrected chi connectivity index (χ1v) is 5.21. The molecular formula is C11H12ClNO2. The largest absolute Gasteiger partial charge is 0.447 e. The number of halogens is 1. The number of alkyl carbamates (subject to hydrolysis) is 1. The molecule has 0 aliphatic carbocycles. The molecule has 1 atom stereocenters. The maximum Gasteiger partial charge on any atom is 0.407 e. The van der Waals surface area contributed by atoms with Crippen LogP contribution in [0.15, 0.2) is 18.2 Å². The summed E-state index contributed by atoms with van der Waals surface area (Å²) in [6, 6.07) is 5.97. The molecule has 0 saturated carbocycles. The minimum Gasteiger partial charge on any atom is -0.447 e. The third-order valence-electron chi connectivity index (χ3n) is 2.41. The van der Waals surface area contributed by atoms with E-state index in [1.54, 1.807) is 0 Å². The maximum absolute atomic E-state index is 10.8. The second-order valence-corrected chi connectivity index (χ2v) is 4.15. The second-order valence-electron chi connectivity index (χ2n) is 3.74. The van der Waals surface area contributed by atoms with Gasteiger partial charge in [0.2, 0.25) is 0 Å². The van der Waals surface area contributed by atoms with Gasteiger partial charge < -0.3 is 10.1 Å². The molecule has 1 N–H and O–H groups in total. The van der Waals surface area contributed by atoms with Crippen molar-refractivity contribution in [1.29, 1.82) is 0 Å². The first-order chi connectivity index (χ1) is 7.15. The number of carbonyl (C=O) groups is 1. The molecule has 15 heavy (non-hydrogen) atoms. The molecule has 0 bridgehead atoms. The Morgan fingerprint density at radius 2 is 2.40 bits per heavy atom. The number of hydrogen-bond donors (Lipinski definition) is 1. The van der Waals surface area contributed by atoms with Crippen LogP contribution in [0.3, 0.4) is 0 Å². The summed E-state index contributed by atoms with van der Waals surface area (Å²) in [7, 11) is 0. The Morgan fingerprint density at radius 3 is 3.00 bits per heavy atom. The zero-order valence-electron chi connectivity index (χ0n) is 8.42. The molecule has 0 aromatic heterocycles. The van der Waals surface area contributed by atoms with E-state index >= 15 is 0 Å². The summed E-state index contributed by atoms with van der Waals surface area (Å²) < 4.78 is 4.81. The fourth-order valence-electron chi connectivity index (χ4n) is 1.62. The third kappa shape index (κ3) is 2.42. The van der Waals surface area contributed by atoms with Gasteiger partial charge >= 0.3 is 6.09 Å². The molecule has 1 aromatic carbocycles. The smallest absolute Gasteiger partial charge is 0.407 e. The average Bonchev–Trinajstić information content (AvgIpc) is 2.56. The highest BCUT2D eigenvalue weighted by Gasteiger charge is 2.22. The van der Waals surface area contributed by atoms with E-state index in [0.717, 1.165) is 16.1 Å². The van der Waals surface area contributed by atoms with Crippen molar-refractivity contribution in [2.24, 2.45) is 0 Å². The molecule has 80 valence electrons. The van der Waals surface area contributed by atoms with Crippen LogP contribution >= 0.6 is 11.6 Å². The van der Waals surface area contributed by atoms with Crippen LogP contribution in [0.25, 0.3) is 0 Å². The average molecular weight is 226 g/mol. The standard InChI is InChI=1S/C11H12ClNO2/c1-7-2-3-8(10(12)4-7)5-9-6-15-11(14)13-9/h2-4,9H,5-6H2,1H3,(H,13,14)/t9-/m0/s1. The number of aryl methyl sites for hydroxylation is 1. The predicted octanol–water partition coefficient (Wildman–Crippen LogP) is 2.30. The summed E-state index contributed by atoms with van der Waals surface area (Å²) in [6.45, 7) is 2.42. The predicted molar refractivity (Wildman–Crippen MR) is 58.2 cm³/mol. The lowest BCUT2D eigenvalue weighted by Gasteiger charge is -2.09. The zero-order valence-corrected chi connectivity index (χ0v) is 9.17. The number of rotatable bonds is 2. The Balaban J connectivity index is 2.07. The number of carbonyl (C=O) groups excluding carboxylic acids is 1. The fraction of sp³-hybridized carbons (Fsp3) is 0.364. The van der Waals surface area contributed by atoms with Crippen LogP contribution in [-0.2, 0) is 11.2 Å². The van der Waals surface area contributed by atoms with Gasteiger partial charge in [0.15, 0.2) is 0 Å². The lowest BCUT2D eigenvalue weighted by Crippen LogP contribution is -2.28. The molecule has 0 radical (unpaired) electrons. The Hall–Kier alpha value is -1.22. The van der Waals surface area contributed by atoms with Crippen molar-refractivity contribution in [3.05, 3.63) is 34.3 Å². The Labute approximate surface area is 93.4 Å². The molecule has 1 heterocycles. The molecule has 4 heteroatoms. The Kier molecular flexibility index (Phi) is 2.82. The molecule has 1 aliphatic rings. The molecular weight excluding hydrogens is 214 g/mol. The van der Waals surface area contributed by atoms with Gasteiger partial charge in [-0.3, -0.25) is 0 Å². The van der Waals surface area contributed by atoms with Gasteiger partial charge in [0.1, 0.15) is 6.61 Å².